The number of carbonyl (C=O) groups excluding carboxylic acids is 1. The molecule has 3 heteroatoms. The van der Waals surface area contributed by atoms with Crippen LogP contribution in [0.2, 0.25) is 0 Å². The van der Waals surface area contributed by atoms with Gasteiger partial charge in [-0.15, -0.1) is 11.3 Å². The van der Waals surface area contributed by atoms with Gasteiger partial charge in [-0.1, -0.05) is 0 Å². The zero-order chi connectivity index (χ0) is 14.6. The Morgan fingerprint density at radius 1 is 1.24 bits per heavy atom. The first-order valence-corrected chi connectivity index (χ1v) is 9.29. The second-order valence-corrected chi connectivity index (χ2v) is 8.82. The Balaban J connectivity index is 1.51. The maximum absolute atomic E-state index is 12.5. The summed E-state index contributed by atoms with van der Waals surface area (Å²) < 4.78 is 0. The van der Waals surface area contributed by atoms with Gasteiger partial charge >= 0.3 is 0 Å². The van der Waals surface area contributed by atoms with Crippen molar-refractivity contribution in [1.29, 1.82) is 0 Å². The molecule has 2 nitrogen and oxygen atoms in total. The van der Waals surface area contributed by atoms with Crippen LogP contribution in [0.15, 0.2) is 11.4 Å². The van der Waals surface area contributed by atoms with Crippen molar-refractivity contribution < 1.29 is 4.79 Å². The summed E-state index contributed by atoms with van der Waals surface area (Å²) in [5.41, 5.74) is 1.51. The number of hydrogen-bond donors (Lipinski definition) is 1. The van der Waals surface area contributed by atoms with Crippen LogP contribution in [0.4, 0.5) is 0 Å². The summed E-state index contributed by atoms with van der Waals surface area (Å²) in [6.45, 7) is 4.29. The van der Waals surface area contributed by atoms with Crippen molar-refractivity contribution in [2.45, 2.75) is 58.4 Å². The van der Waals surface area contributed by atoms with Gasteiger partial charge in [-0.25, -0.2) is 0 Å². The molecule has 0 spiro atoms. The van der Waals surface area contributed by atoms with Crippen LogP contribution in [0.1, 0.15) is 60.7 Å². The molecule has 4 aliphatic carbocycles. The minimum Gasteiger partial charge on any atom is -0.348 e. The van der Waals surface area contributed by atoms with Gasteiger partial charge in [-0.2, -0.15) is 0 Å². The van der Waals surface area contributed by atoms with Gasteiger partial charge in [0.25, 0.3) is 5.91 Å². The smallest absolute Gasteiger partial charge is 0.261 e. The molecule has 4 fully saturated rings. The topological polar surface area (TPSA) is 29.1 Å². The van der Waals surface area contributed by atoms with Crippen molar-refractivity contribution in [2.24, 2.45) is 23.2 Å². The number of amides is 1. The van der Waals surface area contributed by atoms with E-state index >= 15 is 0 Å². The molecule has 0 aliphatic heterocycles. The number of aryl methyl sites for hydroxylation is 1. The third kappa shape index (κ3) is 2.25. The van der Waals surface area contributed by atoms with Crippen molar-refractivity contribution in [3.8, 4) is 0 Å². The number of rotatable bonds is 3. The zero-order valence-electron chi connectivity index (χ0n) is 13.0. The molecule has 0 aromatic carbocycles. The van der Waals surface area contributed by atoms with E-state index in [1.807, 2.05) is 18.4 Å². The maximum atomic E-state index is 12.5. The first-order chi connectivity index (χ1) is 10.1. The second-order valence-electron chi connectivity index (χ2n) is 7.91. The SMILES string of the molecule is Cc1ccsc1C(=O)N[C@@H](C)C12CC3CC(CC(C3)C1)C2. The maximum Gasteiger partial charge on any atom is 0.261 e. The van der Waals surface area contributed by atoms with Gasteiger partial charge in [0.1, 0.15) is 0 Å². The van der Waals surface area contributed by atoms with Crippen LogP contribution in [0.25, 0.3) is 0 Å². The molecule has 1 aromatic heterocycles. The lowest BCUT2D eigenvalue weighted by molar-refractivity contribution is -0.0687. The summed E-state index contributed by atoms with van der Waals surface area (Å²) in [5, 5.41) is 5.37. The highest BCUT2D eigenvalue weighted by molar-refractivity contribution is 7.12. The average molecular weight is 303 g/mol. The quantitative estimate of drug-likeness (QED) is 0.881. The molecule has 0 unspecified atom stereocenters. The monoisotopic (exact) mass is 303 g/mol. The largest absolute Gasteiger partial charge is 0.348 e. The van der Waals surface area contributed by atoms with Crippen LogP contribution in [0.5, 0.6) is 0 Å². The predicted octanol–water partition coefficient (Wildman–Crippen LogP) is 4.39. The number of nitrogens with one attached hydrogen (secondary N) is 1. The van der Waals surface area contributed by atoms with Crippen LogP contribution in [-0.2, 0) is 0 Å². The Morgan fingerprint density at radius 3 is 2.29 bits per heavy atom. The lowest BCUT2D eigenvalue weighted by atomic mass is 9.48. The molecule has 4 aliphatic rings. The van der Waals surface area contributed by atoms with Crippen LogP contribution < -0.4 is 5.32 Å². The average Bonchev–Trinajstić information content (AvgIpc) is 2.83. The number of hydrogen-bond acceptors (Lipinski definition) is 2. The van der Waals surface area contributed by atoms with E-state index in [0.29, 0.717) is 11.5 Å². The van der Waals surface area contributed by atoms with Gasteiger partial charge < -0.3 is 5.32 Å². The number of carbonyl (C=O) groups is 1. The first kappa shape index (κ1) is 13.8. The van der Waals surface area contributed by atoms with Crippen molar-refractivity contribution in [2.75, 3.05) is 0 Å². The van der Waals surface area contributed by atoms with E-state index in [0.717, 1.165) is 28.2 Å². The lowest BCUT2D eigenvalue weighted by Gasteiger charge is -2.59. The summed E-state index contributed by atoms with van der Waals surface area (Å²) in [6.07, 6.45) is 8.44. The molecule has 0 radical (unpaired) electrons. The molecule has 1 aromatic rings. The molecule has 1 heterocycles. The summed E-state index contributed by atoms with van der Waals surface area (Å²) in [6, 6.07) is 2.36. The Bertz CT molecular complexity index is 526. The fourth-order valence-corrected chi connectivity index (χ4v) is 6.56. The Labute approximate surface area is 131 Å². The van der Waals surface area contributed by atoms with Gasteiger partial charge in [-0.05, 0) is 92.6 Å². The highest BCUT2D eigenvalue weighted by Gasteiger charge is 2.53. The molecule has 1 amide bonds. The fourth-order valence-electron chi connectivity index (χ4n) is 5.73. The molecule has 0 saturated heterocycles. The van der Waals surface area contributed by atoms with Gasteiger partial charge in [0.05, 0.1) is 4.88 Å². The van der Waals surface area contributed by atoms with Gasteiger partial charge in [0, 0.05) is 6.04 Å². The Morgan fingerprint density at radius 2 is 1.81 bits per heavy atom. The van der Waals surface area contributed by atoms with Crippen molar-refractivity contribution >= 4 is 17.2 Å². The molecule has 1 atom stereocenters. The summed E-state index contributed by atoms with van der Waals surface area (Å²) in [4.78, 5) is 13.4. The molecule has 1 N–H and O–H groups in total. The zero-order valence-corrected chi connectivity index (χ0v) is 13.8. The lowest BCUT2D eigenvalue weighted by Crippen LogP contribution is -2.55. The van der Waals surface area contributed by atoms with E-state index in [9.17, 15) is 4.79 Å². The molecule has 5 rings (SSSR count). The minimum atomic E-state index is 0.144. The van der Waals surface area contributed by atoms with E-state index in [1.54, 1.807) is 11.3 Å². The van der Waals surface area contributed by atoms with E-state index in [4.69, 9.17) is 0 Å². The third-order valence-electron chi connectivity index (χ3n) is 6.42. The first-order valence-electron chi connectivity index (χ1n) is 8.41. The summed E-state index contributed by atoms with van der Waals surface area (Å²) in [5.74, 6) is 2.97. The highest BCUT2D eigenvalue weighted by Crippen LogP contribution is 2.61. The van der Waals surface area contributed by atoms with Crippen LogP contribution in [-0.4, -0.2) is 11.9 Å². The molecule has 4 bridgehead atoms. The van der Waals surface area contributed by atoms with Crippen molar-refractivity contribution in [3.05, 3.63) is 21.9 Å². The van der Waals surface area contributed by atoms with E-state index < -0.39 is 0 Å². The summed E-state index contributed by atoms with van der Waals surface area (Å²) >= 11 is 1.56. The molecule has 21 heavy (non-hydrogen) atoms. The fraction of sp³-hybridized carbons (Fsp3) is 0.722. The summed E-state index contributed by atoms with van der Waals surface area (Å²) in [7, 11) is 0. The Hall–Kier alpha value is -0.830. The Kier molecular flexibility index (Phi) is 3.18. The van der Waals surface area contributed by atoms with E-state index in [-0.39, 0.29) is 5.91 Å². The van der Waals surface area contributed by atoms with Gasteiger partial charge in [0.2, 0.25) is 0 Å². The highest BCUT2D eigenvalue weighted by atomic mass is 32.1. The van der Waals surface area contributed by atoms with Crippen LogP contribution in [0.3, 0.4) is 0 Å². The van der Waals surface area contributed by atoms with E-state index in [1.165, 1.54) is 38.5 Å². The third-order valence-corrected chi connectivity index (χ3v) is 7.44. The van der Waals surface area contributed by atoms with E-state index in [2.05, 4.69) is 12.2 Å². The predicted molar refractivity (Wildman–Crippen MR) is 86.6 cm³/mol. The van der Waals surface area contributed by atoms with Crippen LogP contribution in [0, 0.1) is 30.1 Å². The molecular formula is C18H25NOS. The minimum absolute atomic E-state index is 0.144. The van der Waals surface area contributed by atoms with Gasteiger partial charge in [-0.3, -0.25) is 4.79 Å². The van der Waals surface area contributed by atoms with Crippen molar-refractivity contribution in [3.63, 3.8) is 0 Å². The normalized spacial score (nSPS) is 38.5. The molecule has 4 saturated carbocycles. The van der Waals surface area contributed by atoms with Gasteiger partial charge in [0.15, 0.2) is 0 Å². The molecule has 114 valence electrons. The van der Waals surface area contributed by atoms with Crippen molar-refractivity contribution in [1.82, 2.24) is 5.32 Å². The standard InChI is InChI=1S/C18H25NOS/c1-11-3-4-21-16(11)17(20)19-12(2)18-8-13-5-14(9-18)7-15(6-13)10-18/h3-4,12-15H,5-10H2,1-2H3,(H,19,20)/t12-,13?,14?,15?,18?/m0/s1. The number of thiophene rings is 1. The second kappa shape index (κ2) is 4.84. The van der Waals surface area contributed by atoms with Crippen LogP contribution >= 0.6 is 11.3 Å². The molecular weight excluding hydrogens is 278 g/mol.